The van der Waals surface area contributed by atoms with Gasteiger partial charge in [-0.1, -0.05) is 29.8 Å². The van der Waals surface area contributed by atoms with Crippen molar-refractivity contribution in [3.63, 3.8) is 0 Å². The van der Waals surface area contributed by atoms with E-state index in [2.05, 4.69) is 30.7 Å². The molecule has 0 amide bonds. The zero-order valence-electron chi connectivity index (χ0n) is 6.30. The minimum Gasteiger partial charge on any atom is -0.0619 e. The van der Waals surface area contributed by atoms with Crippen molar-refractivity contribution < 1.29 is 0 Å². The van der Waals surface area contributed by atoms with Gasteiger partial charge in [-0.15, -0.1) is 0 Å². The second-order valence-electron chi connectivity index (χ2n) is 3.24. The SMILES string of the molecule is [CH]1C2=C(CC2)c2ccccc21. The molecular formula is C11H9. The monoisotopic (exact) mass is 141 g/mol. The predicted octanol–water partition coefficient (Wildman–Crippen LogP) is 2.80. The van der Waals surface area contributed by atoms with Crippen molar-refractivity contribution >= 4 is 5.57 Å². The topological polar surface area (TPSA) is 0 Å². The zero-order valence-corrected chi connectivity index (χ0v) is 6.30. The van der Waals surface area contributed by atoms with Crippen molar-refractivity contribution in [2.24, 2.45) is 0 Å². The van der Waals surface area contributed by atoms with Crippen LogP contribution in [0.1, 0.15) is 24.0 Å². The van der Waals surface area contributed by atoms with E-state index in [0.29, 0.717) is 0 Å². The van der Waals surface area contributed by atoms with Crippen LogP contribution in [0.3, 0.4) is 0 Å². The highest BCUT2D eigenvalue weighted by Gasteiger charge is 2.26. The highest BCUT2D eigenvalue weighted by atomic mass is 14.3. The summed E-state index contributed by atoms with van der Waals surface area (Å²) in [6.07, 6.45) is 4.92. The van der Waals surface area contributed by atoms with E-state index in [1.165, 1.54) is 24.0 Å². The number of fused-ring (bicyclic) bond motifs is 2. The summed E-state index contributed by atoms with van der Waals surface area (Å²) in [6, 6.07) is 8.67. The van der Waals surface area contributed by atoms with Gasteiger partial charge in [-0.25, -0.2) is 0 Å². The highest BCUT2D eigenvalue weighted by molar-refractivity contribution is 5.84. The number of allylic oxidation sites excluding steroid dienone is 2. The molecule has 0 saturated heterocycles. The molecule has 0 nitrogen and oxygen atoms in total. The van der Waals surface area contributed by atoms with Gasteiger partial charge in [-0.05, 0) is 29.5 Å². The Kier molecular flexibility index (Phi) is 0.894. The summed E-state index contributed by atoms with van der Waals surface area (Å²) in [5, 5.41) is 0. The third-order valence-electron chi connectivity index (χ3n) is 2.65. The molecule has 0 spiro atoms. The van der Waals surface area contributed by atoms with Gasteiger partial charge in [0.05, 0.1) is 0 Å². The number of hydrogen-bond donors (Lipinski definition) is 0. The lowest BCUT2D eigenvalue weighted by Gasteiger charge is -2.16. The fourth-order valence-corrected chi connectivity index (χ4v) is 1.95. The van der Waals surface area contributed by atoms with Crippen LogP contribution in [0.15, 0.2) is 29.8 Å². The first-order chi connectivity index (χ1) is 5.45. The van der Waals surface area contributed by atoms with Crippen molar-refractivity contribution in [2.45, 2.75) is 12.8 Å². The van der Waals surface area contributed by atoms with Gasteiger partial charge in [0, 0.05) is 6.42 Å². The molecule has 2 aliphatic carbocycles. The Labute approximate surface area is 66.6 Å². The normalized spacial score (nSPS) is 19.3. The van der Waals surface area contributed by atoms with Crippen LogP contribution in [0.4, 0.5) is 0 Å². The van der Waals surface area contributed by atoms with Gasteiger partial charge in [-0.3, -0.25) is 0 Å². The van der Waals surface area contributed by atoms with Gasteiger partial charge in [0.15, 0.2) is 0 Å². The number of hydrogen-bond acceptors (Lipinski definition) is 0. The maximum absolute atomic E-state index is 2.33. The third kappa shape index (κ3) is 0.597. The molecule has 53 valence electrons. The molecule has 11 heavy (non-hydrogen) atoms. The average molecular weight is 141 g/mol. The fourth-order valence-electron chi connectivity index (χ4n) is 1.95. The molecule has 3 rings (SSSR count). The van der Waals surface area contributed by atoms with Crippen LogP contribution in [0, 0.1) is 6.42 Å². The molecule has 1 radical (unpaired) electrons. The summed E-state index contributed by atoms with van der Waals surface area (Å²) in [4.78, 5) is 0. The van der Waals surface area contributed by atoms with Crippen molar-refractivity contribution in [2.75, 3.05) is 0 Å². The summed E-state index contributed by atoms with van der Waals surface area (Å²) in [7, 11) is 0. The van der Waals surface area contributed by atoms with E-state index in [0.717, 1.165) is 0 Å². The van der Waals surface area contributed by atoms with Crippen LogP contribution in [0.2, 0.25) is 0 Å². The molecule has 0 atom stereocenters. The highest BCUT2D eigenvalue weighted by Crippen LogP contribution is 2.46. The van der Waals surface area contributed by atoms with Crippen molar-refractivity contribution in [1.29, 1.82) is 0 Å². The molecule has 0 heterocycles. The first-order valence-electron chi connectivity index (χ1n) is 4.11. The molecular weight excluding hydrogens is 132 g/mol. The minimum absolute atomic E-state index is 1.29. The molecule has 0 bridgehead atoms. The van der Waals surface area contributed by atoms with Gasteiger partial charge in [-0.2, -0.15) is 0 Å². The molecule has 1 aromatic rings. The Morgan fingerprint density at radius 2 is 1.91 bits per heavy atom. The zero-order chi connectivity index (χ0) is 7.26. The van der Waals surface area contributed by atoms with E-state index < -0.39 is 0 Å². The van der Waals surface area contributed by atoms with Crippen molar-refractivity contribution in [1.82, 2.24) is 0 Å². The molecule has 0 saturated carbocycles. The Bertz CT molecular complexity index is 345. The maximum Gasteiger partial charge on any atom is 0.0167 e. The molecule has 0 heteroatoms. The number of rotatable bonds is 0. The van der Waals surface area contributed by atoms with Crippen LogP contribution in [0.5, 0.6) is 0 Å². The van der Waals surface area contributed by atoms with Gasteiger partial charge < -0.3 is 0 Å². The van der Waals surface area contributed by atoms with Crippen LogP contribution in [-0.4, -0.2) is 0 Å². The quantitative estimate of drug-likeness (QED) is 0.521. The maximum atomic E-state index is 2.33. The molecule has 1 aromatic carbocycles. The van der Waals surface area contributed by atoms with E-state index in [4.69, 9.17) is 0 Å². The first kappa shape index (κ1) is 5.59. The summed E-state index contributed by atoms with van der Waals surface area (Å²) >= 11 is 0. The summed E-state index contributed by atoms with van der Waals surface area (Å²) in [5.41, 5.74) is 6.08. The Morgan fingerprint density at radius 1 is 1.00 bits per heavy atom. The third-order valence-corrected chi connectivity index (χ3v) is 2.65. The first-order valence-corrected chi connectivity index (χ1v) is 4.11. The Balaban J connectivity index is 2.25. The van der Waals surface area contributed by atoms with Crippen LogP contribution in [-0.2, 0) is 0 Å². The van der Waals surface area contributed by atoms with E-state index in [1.807, 2.05) is 0 Å². The largest absolute Gasteiger partial charge is 0.0619 e. The molecule has 2 aliphatic rings. The molecule has 0 N–H and O–H groups in total. The van der Waals surface area contributed by atoms with Gasteiger partial charge in [0.25, 0.3) is 0 Å². The smallest absolute Gasteiger partial charge is 0.0167 e. The second-order valence-corrected chi connectivity index (χ2v) is 3.24. The van der Waals surface area contributed by atoms with Gasteiger partial charge in [0.1, 0.15) is 0 Å². The van der Waals surface area contributed by atoms with Crippen LogP contribution < -0.4 is 0 Å². The molecule has 0 aromatic heterocycles. The average Bonchev–Trinajstić information content (AvgIpc) is 2.23. The predicted molar refractivity (Wildman–Crippen MR) is 46.0 cm³/mol. The van der Waals surface area contributed by atoms with Crippen molar-refractivity contribution in [3.8, 4) is 0 Å². The molecule has 0 unspecified atom stereocenters. The van der Waals surface area contributed by atoms with E-state index in [9.17, 15) is 0 Å². The Hall–Kier alpha value is -1.04. The van der Waals surface area contributed by atoms with Gasteiger partial charge in [0.2, 0.25) is 0 Å². The van der Waals surface area contributed by atoms with E-state index in [1.54, 1.807) is 11.1 Å². The molecule has 0 aliphatic heterocycles. The summed E-state index contributed by atoms with van der Waals surface area (Å²) < 4.78 is 0. The van der Waals surface area contributed by atoms with Crippen LogP contribution in [0.25, 0.3) is 5.57 Å². The lowest BCUT2D eigenvalue weighted by molar-refractivity contribution is 0.937. The molecule has 0 fully saturated rings. The lowest BCUT2D eigenvalue weighted by Crippen LogP contribution is -1.95. The fraction of sp³-hybridized carbons (Fsp3) is 0.182. The summed E-state index contributed by atoms with van der Waals surface area (Å²) in [6.45, 7) is 0. The standard InChI is InChI=1S/C11H9/c1-2-4-10-8(3-1)7-9-5-6-11(9)10/h1-4,7H,5-6H2. The van der Waals surface area contributed by atoms with Crippen LogP contribution >= 0.6 is 0 Å². The summed E-state index contributed by atoms with van der Waals surface area (Å²) in [5.74, 6) is 0. The van der Waals surface area contributed by atoms with Crippen molar-refractivity contribution in [3.05, 3.63) is 47.4 Å². The van der Waals surface area contributed by atoms with E-state index in [-0.39, 0.29) is 0 Å². The Morgan fingerprint density at radius 3 is 2.73 bits per heavy atom. The van der Waals surface area contributed by atoms with Gasteiger partial charge >= 0.3 is 0 Å². The second kappa shape index (κ2) is 1.76. The van der Waals surface area contributed by atoms with E-state index >= 15 is 0 Å². The minimum atomic E-state index is 1.29. The number of benzene rings is 1. The lowest BCUT2D eigenvalue weighted by atomic mass is 9.89.